The predicted molar refractivity (Wildman–Crippen MR) is 89.3 cm³/mol. The first-order chi connectivity index (χ1) is 9.86. The van der Waals surface area contributed by atoms with E-state index in [1.165, 1.54) is 6.08 Å². The second kappa shape index (κ2) is 13.2. The molecular formula is C17H29NO3. The molecule has 0 aromatic carbocycles. The predicted octanol–water partition coefficient (Wildman–Crippen LogP) is 3.64. The number of carboxylic acids is 1. The molecule has 0 aliphatic heterocycles. The molecule has 0 aliphatic rings. The van der Waals surface area contributed by atoms with E-state index in [1.54, 1.807) is 6.08 Å². The third kappa shape index (κ3) is 12.9. The number of nitrogens with zero attached hydrogens (tertiary/aromatic N) is 1. The van der Waals surface area contributed by atoms with Gasteiger partial charge in [0.25, 0.3) is 0 Å². The van der Waals surface area contributed by atoms with Crippen molar-refractivity contribution in [1.82, 2.24) is 4.90 Å². The van der Waals surface area contributed by atoms with E-state index in [1.807, 2.05) is 52.8 Å². The van der Waals surface area contributed by atoms with Crippen LogP contribution >= 0.6 is 0 Å². The first kappa shape index (κ1) is 21.5. The van der Waals surface area contributed by atoms with Crippen molar-refractivity contribution < 1.29 is 14.6 Å². The van der Waals surface area contributed by atoms with Crippen molar-refractivity contribution in [1.29, 1.82) is 0 Å². The summed E-state index contributed by atoms with van der Waals surface area (Å²) < 4.78 is 5.70. The Labute approximate surface area is 129 Å². The molecule has 0 atom stereocenters. The number of carbonyl (C=O) groups is 1. The third-order valence-corrected chi connectivity index (χ3v) is 2.13. The maximum Gasteiger partial charge on any atom is 0.328 e. The number of hydrogen-bond acceptors (Lipinski definition) is 3. The fourth-order valence-electron chi connectivity index (χ4n) is 1.22. The number of rotatable bonds is 8. The van der Waals surface area contributed by atoms with Gasteiger partial charge in [-0.15, -0.1) is 0 Å². The van der Waals surface area contributed by atoms with Crippen molar-refractivity contribution in [3.63, 3.8) is 0 Å². The number of likely N-dealkylation sites (N-methyl/N-ethyl adjacent to an activating group) is 1. The molecule has 0 aliphatic carbocycles. The van der Waals surface area contributed by atoms with E-state index >= 15 is 0 Å². The van der Waals surface area contributed by atoms with Crippen molar-refractivity contribution in [3.05, 3.63) is 47.8 Å². The Morgan fingerprint density at radius 1 is 1.24 bits per heavy atom. The molecule has 1 N–H and O–H groups in total. The van der Waals surface area contributed by atoms with Crippen LogP contribution < -0.4 is 0 Å². The summed E-state index contributed by atoms with van der Waals surface area (Å²) >= 11 is 0. The van der Waals surface area contributed by atoms with E-state index in [0.29, 0.717) is 17.9 Å². The van der Waals surface area contributed by atoms with Crippen LogP contribution in [0.3, 0.4) is 0 Å². The van der Waals surface area contributed by atoms with Gasteiger partial charge in [-0.3, -0.25) is 0 Å². The van der Waals surface area contributed by atoms with Crippen molar-refractivity contribution in [2.75, 3.05) is 27.2 Å². The van der Waals surface area contributed by atoms with Crippen LogP contribution in [0.5, 0.6) is 0 Å². The highest BCUT2D eigenvalue weighted by molar-refractivity contribution is 5.80. The smallest absolute Gasteiger partial charge is 0.328 e. The lowest BCUT2D eigenvalue weighted by molar-refractivity contribution is -0.131. The van der Waals surface area contributed by atoms with Gasteiger partial charge >= 0.3 is 5.97 Å². The van der Waals surface area contributed by atoms with Gasteiger partial charge in [-0.1, -0.05) is 32.1 Å². The summed E-state index contributed by atoms with van der Waals surface area (Å²) in [6, 6.07) is 0. The van der Waals surface area contributed by atoms with Crippen LogP contribution in [-0.4, -0.2) is 43.2 Å². The zero-order chi connectivity index (χ0) is 16.8. The molecule has 0 aromatic heterocycles. The molecule has 0 bridgehead atoms. The summed E-state index contributed by atoms with van der Waals surface area (Å²) in [4.78, 5) is 12.6. The van der Waals surface area contributed by atoms with Crippen LogP contribution in [-0.2, 0) is 9.53 Å². The lowest BCUT2D eigenvalue weighted by atomic mass is 10.1. The molecule has 0 heterocycles. The number of hydrogen-bond donors (Lipinski definition) is 1. The molecule has 0 spiro atoms. The lowest BCUT2D eigenvalue weighted by Crippen LogP contribution is -2.18. The maximum atomic E-state index is 10.6. The topological polar surface area (TPSA) is 49.8 Å². The van der Waals surface area contributed by atoms with Gasteiger partial charge in [0.05, 0.1) is 0 Å². The summed E-state index contributed by atoms with van der Waals surface area (Å²) in [6.45, 7) is 12.9. The third-order valence-electron chi connectivity index (χ3n) is 2.13. The molecule has 4 heteroatoms. The Morgan fingerprint density at radius 2 is 1.81 bits per heavy atom. The van der Waals surface area contributed by atoms with Crippen LogP contribution in [0.2, 0.25) is 0 Å². The zero-order valence-corrected chi connectivity index (χ0v) is 14.1. The molecule has 0 saturated carbocycles. The molecular weight excluding hydrogens is 266 g/mol. The van der Waals surface area contributed by atoms with Crippen LogP contribution in [0.4, 0.5) is 0 Å². The molecule has 120 valence electrons. The van der Waals surface area contributed by atoms with Gasteiger partial charge in [0, 0.05) is 18.2 Å². The second-order valence-corrected chi connectivity index (χ2v) is 4.57. The van der Waals surface area contributed by atoms with Crippen LogP contribution in [0, 0.1) is 0 Å². The number of aliphatic carboxylic acids is 1. The Hall–Kier alpha value is -1.81. The van der Waals surface area contributed by atoms with Gasteiger partial charge in [-0.25, -0.2) is 4.79 Å². The molecule has 0 radical (unpaired) electrons. The molecule has 0 aromatic rings. The average molecular weight is 295 g/mol. The number of ether oxygens (including phenoxy) is 1. The summed E-state index contributed by atoms with van der Waals surface area (Å²) in [6.07, 6.45) is 6.02. The van der Waals surface area contributed by atoms with Crippen LogP contribution in [0.1, 0.15) is 27.7 Å². The van der Waals surface area contributed by atoms with Gasteiger partial charge in [-0.05, 0) is 40.1 Å². The fraction of sp³-hybridized carbons (Fsp3) is 0.471. The van der Waals surface area contributed by atoms with Gasteiger partial charge in [0.2, 0.25) is 0 Å². The first-order valence-corrected chi connectivity index (χ1v) is 7.07. The van der Waals surface area contributed by atoms with E-state index in [9.17, 15) is 4.79 Å². The van der Waals surface area contributed by atoms with Crippen molar-refractivity contribution in [2.24, 2.45) is 0 Å². The first-order valence-electron chi connectivity index (χ1n) is 7.07. The van der Waals surface area contributed by atoms with Crippen molar-refractivity contribution in [2.45, 2.75) is 27.7 Å². The van der Waals surface area contributed by atoms with E-state index in [4.69, 9.17) is 9.84 Å². The SMILES string of the molecule is C=CC(/C=C/C(=O)O)=C(\C=C(C)C)OCCN(C)C.CC. The van der Waals surface area contributed by atoms with Crippen LogP contribution in [0.15, 0.2) is 47.8 Å². The molecule has 4 nitrogen and oxygen atoms in total. The monoisotopic (exact) mass is 295 g/mol. The molecule has 0 saturated heterocycles. The van der Waals surface area contributed by atoms with Crippen molar-refractivity contribution in [3.8, 4) is 0 Å². The molecule has 0 unspecified atom stereocenters. The van der Waals surface area contributed by atoms with Crippen LogP contribution in [0.25, 0.3) is 0 Å². The van der Waals surface area contributed by atoms with E-state index < -0.39 is 5.97 Å². The van der Waals surface area contributed by atoms with E-state index in [0.717, 1.165) is 18.2 Å². The summed E-state index contributed by atoms with van der Waals surface area (Å²) in [7, 11) is 3.93. The quantitative estimate of drug-likeness (QED) is 0.422. The zero-order valence-electron chi connectivity index (χ0n) is 14.1. The highest BCUT2D eigenvalue weighted by Gasteiger charge is 2.02. The Balaban J connectivity index is 0. The van der Waals surface area contributed by atoms with Crippen molar-refractivity contribution >= 4 is 5.97 Å². The summed E-state index contributed by atoms with van der Waals surface area (Å²) in [5.41, 5.74) is 1.73. The highest BCUT2D eigenvalue weighted by Crippen LogP contribution is 2.13. The Kier molecular flexibility index (Phi) is 13.5. The van der Waals surface area contributed by atoms with E-state index in [-0.39, 0.29) is 0 Å². The minimum Gasteiger partial charge on any atom is -0.492 e. The fourth-order valence-corrected chi connectivity index (χ4v) is 1.22. The Morgan fingerprint density at radius 3 is 2.19 bits per heavy atom. The molecule has 0 amide bonds. The summed E-state index contributed by atoms with van der Waals surface area (Å²) in [5, 5.41) is 8.66. The molecule has 0 fully saturated rings. The molecule has 21 heavy (non-hydrogen) atoms. The standard InChI is InChI=1S/C15H23NO3.C2H6/c1-6-13(7-8-15(17)18)14(11-12(2)3)19-10-9-16(4)5;1-2/h6-8,11H,1,9-10H2,2-5H3,(H,17,18);1-2H3/b8-7+,14-13-;. The normalized spacial score (nSPS) is 11.4. The lowest BCUT2D eigenvalue weighted by Gasteiger charge is -2.13. The Bertz CT molecular complexity index is 400. The molecule has 0 rings (SSSR count). The average Bonchev–Trinajstić information content (AvgIpc) is 2.40. The second-order valence-electron chi connectivity index (χ2n) is 4.57. The number of allylic oxidation sites excluding steroid dienone is 5. The van der Waals surface area contributed by atoms with Gasteiger partial charge in [0.15, 0.2) is 0 Å². The van der Waals surface area contributed by atoms with Gasteiger partial charge in [0.1, 0.15) is 12.4 Å². The largest absolute Gasteiger partial charge is 0.492 e. The maximum absolute atomic E-state index is 10.6. The number of carboxylic acid groups (broad SMARTS) is 1. The van der Waals surface area contributed by atoms with E-state index in [2.05, 4.69) is 6.58 Å². The minimum absolute atomic E-state index is 0.532. The highest BCUT2D eigenvalue weighted by atomic mass is 16.5. The van der Waals surface area contributed by atoms with Gasteiger partial charge < -0.3 is 14.7 Å². The summed E-state index contributed by atoms with van der Waals surface area (Å²) in [5.74, 6) is -0.362. The van der Waals surface area contributed by atoms with Gasteiger partial charge in [-0.2, -0.15) is 0 Å². The minimum atomic E-state index is -0.996.